The van der Waals surface area contributed by atoms with E-state index >= 15 is 0 Å². The van der Waals surface area contributed by atoms with Crippen molar-refractivity contribution in [3.63, 3.8) is 0 Å². The topological polar surface area (TPSA) is 67.2 Å². The van der Waals surface area contributed by atoms with Gasteiger partial charge in [-0.1, -0.05) is 19.4 Å². The van der Waals surface area contributed by atoms with Gasteiger partial charge in [-0.25, -0.2) is 4.98 Å². The fourth-order valence-electron chi connectivity index (χ4n) is 2.93. The number of unbranched alkanes of at least 4 members (excludes halogenated alkanes) is 1. The number of fused-ring (bicyclic) bond motifs is 1. The molecule has 0 spiro atoms. The lowest BCUT2D eigenvalue weighted by atomic mass is 10.2. The van der Waals surface area contributed by atoms with Crippen molar-refractivity contribution in [1.29, 1.82) is 0 Å². The average Bonchev–Trinajstić information content (AvgIpc) is 3.05. The monoisotopic (exact) mass is 344 g/mol. The third-order valence-electron chi connectivity index (χ3n) is 4.43. The van der Waals surface area contributed by atoms with E-state index in [-0.39, 0.29) is 17.6 Å². The van der Waals surface area contributed by atoms with Crippen LogP contribution in [0, 0.1) is 0 Å². The van der Waals surface area contributed by atoms with Crippen LogP contribution >= 0.6 is 0 Å². The van der Waals surface area contributed by atoms with Gasteiger partial charge in [-0.3, -0.25) is 14.0 Å². The van der Waals surface area contributed by atoms with E-state index in [1.165, 1.54) is 0 Å². The first-order valence-corrected chi connectivity index (χ1v) is 8.73. The summed E-state index contributed by atoms with van der Waals surface area (Å²) in [5, 5.41) is 0. The van der Waals surface area contributed by atoms with Crippen LogP contribution in [0.4, 0.5) is 0 Å². The molecule has 0 aromatic carbocycles. The number of imidazole rings is 1. The highest BCUT2D eigenvalue weighted by molar-refractivity contribution is 6.02. The number of carbonyl (C=O) groups is 2. The van der Waals surface area contributed by atoms with Gasteiger partial charge >= 0.3 is 0 Å². The summed E-state index contributed by atoms with van der Waals surface area (Å²) in [6, 6.07) is 5.51. The molecule has 0 bridgehead atoms. The first-order valence-electron chi connectivity index (χ1n) is 8.73. The summed E-state index contributed by atoms with van der Waals surface area (Å²) < 4.78 is 7.01. The van der Waals surface area contributed by atoms with Gasteiger partial charge in [0.25, 0.3) is 11.8 Å². The van der Waals surface area contributed by atoms with Crippen LogP contribution in [0.1, 0.15) is 40.9 Å². The van der Waals surface area contributed by atoms with Crippen LogP contribution < -0.4 is 0 Å². The summed E-state index contributed by atoms with van der Waals surface area (Å²) in [6.07, 6.45) is 3.73. The van der Waals surface area contributed by atoms with Gasteiger partial charge in [0, 0.05) is 32.9 Å². The summed E-state index contributed by atoms with van der Waals surface area (Å²) >= 11 is 0. The maximum atomic E-state index is 12.9. The summed E-state index contributed by atoms with van der Waals surface area (Å²) in [5.74, 6) is -0.0392. The lowest BCUT2D eigenvalue weighted by molar-refractivity contribution is 0.0294. The molecule has 1 saturated heterocycles. The van der Waals surface area contributed by atoms with Gasteiger partial charge < -0.3 is 14.5 Å². The number of hydrogen-bond donors (Lipinski definition) is 0. The standard InChI is InChI=1S/C18H24N4O3/c1-3-4-8-20(2)17(23)15-14-7-5-6-9-22(14)16(19-15)18(24)21-10-12-25-13-11-21/h5-7,9H,3-4,8,10-13H2,1-2H3. The molecule has 3 heterocycles. The Morgan fingerprint density at radius 1 is 1.28 bits per heavy atom. The van der Waals surface area contributed by atoms with Crippen molar-refractivity contribution in [3.05, 3.63) is 35.9 Å². The minimum atomic E-state index is -0.167. The number of ether oxygens (including phenoxy) is 1. The number of rotatable bonds is 5. The molecule has 7 nitrogen and oxygen atoms in total. The van der Waals surface area contributed by atoms with Crippen molar-refractivity contribution in [1.82, 2.24) is 19.2 Å². The maximum Gasteiger partial charge on any atom is 0.290 e. The summed E-state index contributed by atoms with van der Waals surface area (Å²) in [7, 11) is 1.77. The number of hydrogen-bond acceptors (Lipinski definition) is 4. The van der Waals surface area contributed by atoms with E-state index < -0.39 is 0 Å². The van der Waals surface area contributed by atoms with Crippen molar-refractivity contribution in [2.75, 3.05) is 39.9 Å². The van der Waals surface area contributed by atoms with Crippen LogP contribution in [-0.2, 0) is 4.74 Å². The second kappa shape index (κ2) is 7.65. The molecule has 0 unspecified atom stereocenters. The normalized spacial score (nSPS) is 14.7. The molecule has 0 N–H and O–H groups in total. The van der Waals surface area contributed by atoms with Crippen molar-refractivity contribution in [3.8, 4) is 0 Å². The lowest BCUT2D eigenvalue weighted by Gasteiger charge is -2.26. The van der Waals surface area contributed by atoms with Crippen LogP contribution in [0.25, 0.3) is 5.52 Å². The Morgan fingerprint density at radius 3 is 2.76 bits per heavy atom. The molecule has 1 aliphatic rings. The molecule has 2 aromatic heterocycles. The molecule has 0 saturated carbocycles. The van der Waals surface area contributed by atoms with Crippen LogP contribution in [0.15, 0.2) is 24.4 Å². The number of pyridine rings is 1. The zero-order valence-electron chi connectivity index (χ0n) is 14.8. The zero-order chi connectivity index (χ0) is 17.8. The van der Waals surface area contributed by atoms with Gasteiger partial charge in [0.1, 0.15) is 0 Å². The Labute approximate surface area is 147 Å². The van der Waals surface area contributed by atoms with Gasteiger partial charge in [-0.15, -0.1) is 0 Å². The largest absolute Gasteiger partial charge is 0.378 e. The molecular weight excluding hydrogens is 320 g/mol. The van der Waals surface area contributed by atoms with Crippen LogP contribution in [-0.4, -0.2) is 70.9 Å². The highest BCUT2D eigenvalue weighted by atomic mass is 16.5. The Bertz CT molecular complexity index is 765. The van der Waals surface area contributed by atoms with Gasteiger partial charge in [0.05, 0.1) is 18.7 Å². The van der Waals surface area contributed by atoms with Crippen molar-refractivity contribution in [2.45, 2.75) is 19.8 Å². The minimum Gasteiger partial charge on any atom is -0.378 e. The SMILES string of the molecule is CCCCN(C)C(=O)c1nc(C(=O)N2CCOCC2)n2ccccc12. The van der Waals surface area contributed by atoms with Crippen LogP contribution in [0.5, 0.6) is 0 Å². The molecule has 0 aliphatic carbocycles. The number of nitrogens with zero attached hydrogens (tertiary/aromatic N) is 4. The van der Waals surface area contributed by atoms with E-state index in [0.717, 1.165) is 12.8 Å². The number of carbonyl (C=O) groups excluding carboxylic acids is 2. The predicted molar refractivity (Wildman–Crippen MR) is 93.8 cm³/mol. The van der Waals surface area contributed by atoms with Crippen LogP contribution in [0.3, 0.4) is 0 Å². The van der Waals surface area contributed by atoms with E-state index in [4.69, 9.17) is 4.74 Å². The Balaban J connectivity index is 1.95. The molecule has 2 amide bonds. The number of aromatic nitrogens is 2. The number of amides is 2. The Hall–Kier alpha value is -2.41. The summed E-state index contributed by atoms with van der Waals surface area (Å²) in [4.78, 5) is 33.5. The van der Waals surface area contributed by atoms with Gasteiger partial charge in [-0.2, -0.15) is 0 Å². The van der Waals surface area contributed by atoms with Crippen LogP contribution in [0.2, 0.25) is 0 Å². The first kappa shape index (κ1) is 17.4. The maximum absolute atomic E-state index is 12.9. The summed E-state index contributed by atoms with van der Waals surface area (Å²) in [6.45, 7) is 4.90. The van der Waals surface area contributed by atoms with Crippen molar-refractivity contribution >= 4 is 17.3 Å². The first-order chi connectivity index (χ1) is 12.1. The average molecular weight is 344 g/mol. The predicted octanol–water partition coefficient (Wildman–Crippen LogP) is 1.68. The Morgan fingerprint density at radius 2 is 2.04 bits per heavy atom. The fourth-order valence-corrected chi connectivity index (χ4v) is 2.93. The molecule has 2 aromatic rings. The van der Waals surface area contributed by atoms with Gasteiger partial charge in [0.15, 0.2) is 5.69 Å². The third-order valence-corrected chi connectivity index (χ3v) is 4.43. The molecule has 0 radical (unpaired) electrons. The Kier molecular flexibility index (Phi) is 5.33. The molecule has 134 valence electrons. The van der Waals surface area contributed by atoms with Crippen molar-refractivity contribution < 1.29 is 14.3 Å². The summed E-state index contributed by atoms with van der Waals surface area (Å²) in [5.41, 5.74) is 0.989. The van der Waals surface area contributed by atoms with E-state index in [9.17, 15) is 9.59 Å². The van der Waals surface area contributed by atoms with Gasteiger partial charge in [0.2, 0.25) is 5.82 Å². The zero-order valence-corrected chi connectivity index (χ0v) is 14.8. The quantitative estimate of drug-likeness (QED) is 0.828. The molecule has 25 heavy (non-hydrogen) atoms. The molecule has 7 heteroatoms. The minimum absolute atomic E-state index is 0.154. The second-order valence-electron chi connectivity index (χ2n) is 6.22. The lowest BCUT2D eigenvalue weighted by Crippen LogP contribution is -2.41. The highest BCUT2D eigenvalue weighted by Crippen LogP contribution is 2.17. The van der Waals surface area contributed by atoms with Crippen molar-refractivity contribution in [2.24, 2.45) is 0 Å². The molecular formula is C18H24N4O3. The molecule has 1 fully saturated rings. The van der Waals surface area contributed by atoms with E-state index in [2.05, 4.69) is 11.9 Å². The smallest absolute Gasteiger partial charge is 0.290 e. The molecule has 0 atom stereocenters. The fraction of sp³-hybridized carbons (Fsp3) is 0.500. The van der Waals surface area contributed by atoms with E-state index in [0.29, 0.717) is 44.1 Å². The van der Waals surface area contributed by atoms with Gasteiger partial charge in [-0.05, 0) is 18.6 Å². The number of morpholine rings is 1. The van der Waals surface area contributed by atoms with E-state index in [1.807, 2.05) is 18.2 Å². The van der Waals surface area contributed by atoms with E-state index in [1.54, 1.807) is 27.4 Å². The molecule has 3 rings (SSSR count). The highest BCUT2D eigenvalue weighted by Gasteiger charge is 2.27. The molecule has 1 aliphatic heterocycles. The second-order valence-corrected chi connectivity index (χ2v) is 6.22. The third kappa shape index (κ3) is 3.51.